The second-order valence-corrected chi connectivity index (χ2v) is 12.1. The minimum absolute atomic E-state index is 0.0392. The molecular weight excluding hydrogens is 620 g/mol. The number of nitrogens with zero attached hydrogens (tertiary/aromatic N) is 1. The van der Waals surface area contributed by atoms with Gasteiger partial charge in [0.15, 0.2) is 5.78 Å². The number of Topliss-reactive ketones (excluding diaryl/α,β-unsaturated/α-hetero) is 1. The molecule has 0 bridgehead atoms. The van der Waals surface area contributed by atoms with E-state index in [0.29, 0.717) is 22.7 Å². The van der Waals surface area contributed by atoms with Gasteiger partial charge in [-0.1, -0.05) is 6.92 Å². The van der Waals surface area contributed by atoms with Crippen LogP contribution in [0.4, 0.5) is 11.4 Å². The smallest absolute Gasteiger partial charge is 0.259 e. The van der Waals surface area contributed by atoms with Crippen LogP contribution in [0.25, 0.3) is 0 Å². The van der Waals surface area contributed by atoms with Crippen molar-refractivity contribution < 1.29 is 37.0 Å². The zero-order chi connectivity index (χ0) is 32.4. The van der Waals surface area contributed by atoms with Crippen molar-refractivity contribution in [3.63, 3.8) is 0 Å². The van der Waals surface area contributed by atoms with Crippen LogP contribution in [0.5, 0.6) is 17.2 Å². The summed E-state index contributed by atoms with van der Waals surface area (Å²) < 4.78 is 44.3. The molecule has 0 radical (unpaired) electrons. The first-order valence-corrected chi connectivity index (χ1v) is 16.1. The Labute approximate surface area is 264 Å². The summed E-state index contributed by atoms with van der Waals surface area (Å²) in [7, 11) is -0.881. The molecule has 2 aromatic carbocycles. The minimum atomic E-state index is -3.89. The van der Waals surface area contributed by atoms with E-state index in [-0.39, 0.29) is 58.5 Å². The van der Waals surface area contributed by atoms with Gasteiger partial charge in [0.25, 0.3) is 11.8 Å². The fourth-order valence-electron chi connectivity index (χ4n) is 4.08. The van der Waals surface area contributed by atoms with Crippen molar-refractivity contribution in [1.82, 2.24) is 9.71 Å². The average molecular weight is 653 g/mol. The Morgan fingerprint density at radius 3 is 2.31 bits per heavy atom. The maximum atomic E-state index is 13.4. The SMILES string of the molecule is CCC(=O)c1sccc1S(=O)(=O)NCCCOc1cc(OC)ccc1C(=O)Nc1ccncc1NC(=O)c1ccc(OC)cc1. The molecule has 0 saturated carbocycles. The highest BCUT2D eigenvalue weighted by molar-refractivity contribution is 7.89. The fourth-order valence-corrected chi connectivity index (χ4v) is 6.61. The second kappa shape index (κ2) is 15.3. The highest BCUT2D eigenvalue weighted by Gasteiger charge is 2.23. The number of ketones is 1. The van der Waals surface area contributed by atoms with Gasteiger partial charge in [0, 0.05) is 30.8 Å². The van der Waals surface area contributed by atoms with Crippen molar-refractivity contribution in [3.05, 3.63) is 88.4 Å². The normalized spacial score (nSPS) is 11.0. The van der Waals surface area contributed by atoms with E-state index in [1.165, 1.54) is 38.7 Å². The van der Waals surface area contributed by atoms with Crippen LogP contribution >= 0.6 is 11.3 Å². The van der Waals surface area contributed by atoms with Gasteiger partial charge in [-0.15, -0.1) is 11.3 Å². The topological polar surface area (TPSA) is 162 Å². The van der Waals surface area contributed by atoms with Gasteiger partial charge in [-0.25, -0.2) is 13.1 Å². The zero-order valence-electron chi connectivity index (χ0n) is 24.8. The molecule has 2 aromatic heterocycles. The Kier molecular flexibility index (Phi) is 11.2. The summed E-state index contributed by atoms with van der Waals surface area (Å²) in [5, 5.41) is 7.11. The molecule has 0 fully saturated rings. The summed E-state index contributed by atoms with van der Waals surface area (Å²) >= 11 is 1.09. The van der Waals surface area contributed by atoms with E-state index >= 15 is 0 Å². The maximum absolute atomic E-state index is 13.4. The van der Waals surface area contributed by atoms with Crippen molar-refractivity contribution in [3.8, 4) is 17.2 Å². The maximum Gasteiger partial charge on any atom is 0.259 e. The summed E-state index contributed by atoms with van der Waals surface area (Å²) in [5.74, 6) is 0.0979. The molecule has 0 aliphatic rings. The molecule has 0 unspecified atom stereocenters. The molecule has 45 heavy (non-hydrogen) atoms. The van der Waals surface area contributed by atoms with Gasteiger partial charge in [0.05, 0.1) is 48.8 Å². The van der Waals surface area contributed by atoms with E-state index in [4.69, 9.17) is 14.2 Å². The lowest BCUT2D eigenvalue weighted by Gasteiger charge is -2.15. The number of benzene rings is 2. The van der Waals surface area contributed by atoms with Gasteiger partial charge in [-0.2, -0.15) is 0 Å². The van der Waals surface area contributed by atoms with Gasteiger partial charge in [-0.3, -0.25) is 19.4 Å². The molecular formula is C31H32N4O8S2. The number of carbonyl (C=O) groups excluding carboxylic acids is 3. The van der Waals surface area contributed by atoms with Crippen molar-refractivity contribution in [2.45, 2.75) is 24.7 Å². The molecule has 4 aromatic rings. The lowest BCUT2D eigenvalue weighted by atomic mass is 10.1. The van der Waals surface area contributed by atoms with Crippen molar-refractivity contribution in [1.29, 1.82) is 0 Å². The Morgan fingerprint density at radius 1 is 0.889 bits per heavy atom. The Morgan fingerprint density at radius 2 is 1.60 bits per heavy atom. The van der Waals surface area contributed by atoms with Crippen LogP contribution in [0.3, 0.4) is 0 Å². The summed E-state index contributed by atoms with van der Waals surface area (Å²) in [6.45, 7) is 1.78. The third-order valence-corrected chi connectivity index (χ3v) is 9.05. The number of aromatic nitrogens is 1. The number of amides is 2. The van der Waals surface area contributed by atoms with E-state index in [1.807, 2.05) is 0 Å². The summed E-state index contributed by atoms with van der Waals surface area (Å²) in [6, 6.07) is 14.2. The van der Waals surface area contributed by atoms with Crippen molar-refractivity contribution in [2.75, 3.05) is 38.0 Å². The van der Waals surface area contributed by atoms with Gasteiger partial charge < -0.3 is 24.8 Å². The van der Waals surface area contributed by atoms with Gasteiger partial charge in [0.1, 0.15) is 22.1 Å². The molecule has 2 amide bonds. The molecule has 0 aliphatic heterocycles. The molecule has 0 aliphatic carbocycles. The molecule has 14 heteroatoms. The first-order chi connectivity index (χ1) is 21.7. The number of hydrogen-bond donors (Lipinski definition) is 3. The number of pyridine rings is 1. The number of sulfonamides is 1. The number of rotatable bonds is 15. The average Bonchev–Trinajstić information content (AvgIpc) is 3.56. The Hall–Kier alpha value is -4.79. The third-order valence-electron chi connectivity index (χ3n) is 6.47. The molecule has 0 atom stereocenters. The van der Waals surface area contributed by atoms with E-state index in [9.17, 15) is 22.8 Å². The molecule has 236 valence electrons. The second-order valence-electron chi connectivity index (χ2n) is 9.41. The zero-order valence-corrected chi connectivity index (χ0v) is 26.4. The van der Waals surface area contributed by atoms with Gasteiger partial charge >= 0.3 is 0 Å². The summed E-state index contributed by atoms with van der Waals surface area (Å²) in [5.41, 5.74) is 1.16. The quantitative estimate of drug-likeness (QED) is 0.118. The van der Waals surface area contributed by atoms with Gasteiger partial charge in [0.2, 0.25) is 10.0 Å². The van der Waals surface area contributed by atoms with Crippen LogP contribution in [0.2, 0.25) is 0 Å². The van der Waals surface area contributed by atoms with Crippen molar-refractivity contribution >= 4 is 50.3 Å². The number of ether oxygens (including phenoxy) is 3. The lowest BCUT2D eigenvalue weighted by molar-refractivity contribution is 0.0986. The standard InChI is InChI=1S/C31H32N4O8S2/c1-4-26(36)29-28(13-17-44-29)45(39,40)33-14-5-16-43-27-18-22(42-3)10-11-23(27)31(38)34-24-12-15-32-19-25(24)35-30(37)20-6-8-21(41-2)9-7-20/h6-13,15,17-19,33H,4-5,14,16H2,1-3H3,(H,35,37)(H,32,34,38). The minimum Gasteiger partial charge on any atom is -0.497 e. The van der Waals surface area contributed by atoms with Crippen LogP contribution < -0.4 is 29.6 Å². The third kappa shape index (κ3) is 8.44. The monoisotopic (exact) mass is 652 g/mol. The number of thiophene rings is 1. The largest absolute Gasteiger partial charge is 0.497 e. The van der Waals surface area contributed by atoms with Crippen LogP contribution in [0.15, 0.2) is 77.3 Å². The predicted octanol–water partition coefficient (Wildman–Crippen LogP) is 5.01. The molecule has 0 saturated heterocycles. The van der Waals surface area contributed by atoms with Crippen LogP contribution in [0, 0.1) is 0 Å². The highest BCUT2D eigenvalue weighted by atomic mass is 32.2. The number of methoxy groups -OCH3 is 2. The van der Waals surface area contributed by atoms with Crippen LogP contribution in [-0.4, -0.2) is 58.4 Å². The Balaban J connectivity index is 1.40. The van der Waals surface area contributed by atoms with E-state index < -0.39 is 21.8 Å². The molecule has 0 spiro atoms. The summed E-state index contributed by atoms with van der Waals surface area (Å²) in [6.07, 6.45) is 3.36. The predicted molar refractivity (Wildman–Crippen MR) is 170 cm³/mol. The summed E-state index contributed by atoms with van der Waals surface area (Å²) in [4.78, 5) is 42.5. The fraction of sp³-hybridized carbons (Fsp3) is 0.226. The van der Waals surface area contributed by atoms with Crippen LogP contribution in [-0.2, 0) is 10.0 Å². The lowest BCUT2D eigenvalue weighted by Crippen LogP contribution is -2.26. The number of nitrogens with one attached hydrogen (secondary N) is 3. The van der Waals surface area contributed by atoms with Crippen LogP contribution in [0.1, 0.15) is 50.2 Å². The molecule has 2 heterocycles. The van der Waals surface area contributed by atoms with E-state index in [2.05, 4.69) is 20.3 Å². The van der Waals surface area contributed by atoms with Gasteiger partial charge in [-0.05, 0) is 60.3 Å². The highest BCUT2D eigenvalue weighted by Crippen LogP contribution is 2.28. The first kappa shape index (κ1) is 33.1. The van der Waals surface area contributed by atoms with E-state index in [1.54, 1.807) is 54.8 Å². The first-order valence-electron chi connectivity index (χ1n) is 13.8. The molecule has 12 nitrogen and oxygen atoms in total. The number of carbonyl (C=O) groups is 3. The molecule has 4 rings (SSSR count). The number of anilines is 2. The number of hydrogen-bond acceptors (Lipinski definition) is 10. The van der Waals surface area contributed by atoms with Crippen molar-refractivity contribution in [2.24, 2.45) is 0 Å². The Bertz CT molecular complexity index is 1770. The van der Waals surface area contributed by atoms with E-state index in [0.717, 1.165) is 11.3 Å². The molecule has 3 N–H and O–H groups in total.